The van der Waals surface area contributed by atoms with Gasteiger partial charge in [0.25, 0.3) is 0 Å². The molecule has 3 rings (SSSR count). The lowest BCUT2D eigenvalue weighted by Gasteiger charge is -2.26. The molecule has 1 aliphatic heterocycles. The van der Waals surface area contributed by atoms with Gasteiger partial charge in [-0.1, -0.05) is 0 Å². The molecule has 1 saturated heterocycles. The Hall–Kier alpha value is -2.49. The second-order valence-electron chi connectivity index (χ2n) is 4.86. The van der Waals surface area contributed by atoms with E-state index in [0.29, 0.717) is 32.3 Å². The second kappa shape index (κ2) is 5.95. The highest BCUT2D eigenvalue weighted by Crippen LogP contribution is 2.36. The number of nitrogens with zero attached hydrogens (tertiary/aromatic N) is 5. The molecule has 7 nitrogen and oxygen atoms in total. The highest BCUT2D eigenvalue weighted by atomic mass is 19.4. The van der Waals surface area contributed by atoms with Crippen molar-refractivity contribution in [3.8, 4) is 11.4 Å². The maximum absolute atomic E-state index is 13.2. The van der Waals surface area contributed by atoms with Crippen LogP contribution in [0.2, 0.25) is 0 Å². The van der Waals surface area contributed by atoms with Crippen molar-refractivity contribution in [3.05, 3.63) is 24.2 Å². The molecule has 0 aliphatic carbocycles. The normalized spacial score (nSPS) is 15.7. The number of nitrogens with two attached hydrogens (primary N) is 1. The van der Waals surface area contributed by atoms with E-state index in [4.69, 9.17) is 10.5 Å². The van der Waals surface area contributed by atoms with E-state index >= 15 is 0 Å². The molecule has 2 aromatic heterocycles. The number of alkyl halides is 3. The van der Waals surface area contributed by atoms with E-state index in [1.165, 1.54) is 6.33 Å². The summed E-state index contributed by atoms with van der Waals surface area (Å²) >= 11 is 0. The Morgan fingerprint density at radius 1 is 1.13 bits per heavy atom. The molecule has 3 heterocycles. The number of morpholine rings is 1. The van der Waals surface area contributed by atoms with Crippen LogP contribution in [0.25, 0.3) is 11.4 Å². The van der Waals surface area contributed by atoms with Crippen molar-refractivity contribution in [2.24, 2.45) is 0 Å². The van der Waals surface area contributed by atoms with E-state index in [-0.39, 0.29) is 17.2 Å². The Balaban J connectivity index is 2.02. The fraction of sp³-hybridized carbons (Fsp3) is 0.385. The molecule has 2 aromatic rings. The zero-order valence-electron chi connectivity index (χ0n) is 11.9. The van der Waals surface area contributed by atoms with Crippen LogP contribution in [0.1, 0.15) is 5.56 Å². The first-order valence-corrected chi connectivity index (χ1v) is 6.80. The first-order valence-electron chi connectivity index (χ1n) is 6.80. The van der Waals surface area contributed by atoms with E-state index in [1.807, 2.05) is 4.90 Å². The summed E-state index contributed by atoms with van der Waals surface area (Å²) in [4.78, 5) is 17.5. The minimum Gasteiger partial charge on any atom is -0.384 e. The van der Waals surface area contributed by atoms with Gasteiger partial charge in [-0.3, -0.25) is 0 Å². The van der Waals surface area contributed by atoms with Crippen LogP contribution in [-0.4, -0.2) is 46.2 Å². The van der Waals surface area contributed by atoms with Crippen molar-refractivity contribution in [2.75, 3.05) is 36.9 Å². The van der Waals surface area contributed by atoms with Crippen molar-refractivity contribution in [2.45, 2.75) is 6.18 Å². The molecular weight excluding hydrogens is 313 g/mol. The summed E-state index contributed by atoms with van der Waals surface area (Å²) in [5.41, 5.74) is 4.20. The van der Waals surface area contributed by atoms with Gasteiger partial charge in [0.15, 0.2) is 5.82 Å². The molecule has 0 amide bonds. The number of anilines is 2. The van der Waals surface area contributed by atoms with Gasteiger partial charge >= 0.3 is 6.18 Å². The average molecular weight is 326 g/mol. The number of ether oxygens (including phenoxy) is 1. The zero-order valence-corrected chi connectivity index (χ0v) is 11.9. The summed E-state index contributed by atoms with van der Waals surface area (Å²) in [7, 11) is 0. The van der Waals surface area contributed by atoms with Crippen LogP contribution in [0.5, 0.6) is 0 Å². The third-order valence-electron chi connectivity index (χ3n) is 3.32. The van der Waals surface area contributed by atoms with E-state index in [9.17, 15) is 13.2 Å². The molecule has 0 spiro atoms. The van der Waals surface area contributed by atoms with Gasteiger partial charge in [-0.2, -0.15) is 18.2 Å². The SMILES string of the molecule is Nc1cc(C(F)(F)F)c(-c2ncnc(N3CCOCC3)n2)cn1. The highest BCUT2D eigenvalue weighted by molar-refractivity contribution is 5.63. The van der Waals surface area contributed by atoms with E-state index in [2.05, 4.69) is 19.9 Å². The van der Waals surface area contributed by atoms with Crippen LogP contribution in [0, 0.1) is 0 Å². The number of hydrogen-bond acceptors (Lipinski definition) is 7. The number of pyridine rings is 1. The van der Waals surface area contributed by atoms with Crippen molar-refractivity contribution in [1.29, 1.82) is 0 Å². The number of hydrogen-bond donors (Lipinski definition) is 1. The molecule has 0 aromatic carbocycles. The molecule has 1 aliphatic rings. The zero-order chi connectivity index (χ0) is 16.4. The fourth-order valence-electron chi connectivity index (χ4n) is 2.22. The summed E-state index contributed by atoms with van der Waals surface area (Å²) < 4.78 is 44.8. The molecule has 0 bridgehead atoms. The molecule has 122 valence electrons. The molecule has 0 unspecified atom stereocenters. The lowest BCUT2D eigenvalue weighted by Crippen LogP contribution is -2.37. The van der Waals surface area contributed by atoms with E-state index in [0.717, 1.165) is 12.3 Å². The highest BCUT2D eigenvalue weighted by Gasteiger charge is 2.35. The molecule has 0 radical (unpaired) electrons. The third kappa shape index (κ3) is 3.31. The average Bonchev–Trinajstić information content (AvgIpc) is 2.55. The molecule has 1 fully saturated rings. The van der Waals surface area contributed by atoms with Crippen LogP contribution in [-0.2, 0) is 10.9 Å². The Morgan fingerprint density at radius 2 is 1.87 bits per heavy atom. The number of halogens is 3. The summed E-state index contributed by atoms with van der Waals surface area (Å²) in [5, 5.41) is 0. The minimum absolute atomic E-state index is 0.0960. The first-order chi connectivity index (χ1) is 10.9. The van der Waals surface area contributed by atoms with Gasteiger partial charge in [-0.25, -0.2) is 15.0 Å². The van der Waals surface area contributed by atoms with Gasteiger partial charge in [-0.05, 0) is 6.07 Å². The monoisotopic (exact) mass is 326 g/mol. The summed E-state index contributed by atoms with van der Waals surface area (Å²) in [6.07, 6.45) is -2.38. The van der Waals surface area contributed by atoms with Crippen molar-refractivity contribution >= 4 is 11.8 Å². The summed E-state index contributed by atoms with van der Waals surface area (Å²) in [6.45, 7) is 2.15. The molecule has 0 atom stereocenters. The topological polar surface area (TPSA) is 90.0 Å². The van der Waals surface area contributed by atoms with Crippen molar-refractivity contribution in [3.63, 3.8) is 0 Å². The number of nitrogen functional groups attached to an aromatic ring is 1. The maximum Gasteiger partial charge on any atom is 0.417 e. The molecule has 2 N–H and O–H groups in total. The van der Waals surface area contributed by atoms with Crippen LogP contribution in [0.3, 0.4) is 0 Å². The fourth-order valence-corrected chi connectivity index (χ4v) is 2.22. The van der Waals surface area contributed by atoms with Crippen LogP contribution in [0.4, 0.5) is 24.9 Å². The van der Waals surface area contributed by atoms with Gasteiger partial charge < -0.3 is 15.4 Å². The van der Waals surface area contributed by atoms with Gasteiger partial charge in [0, 0.05) is 19.3 Å². The predicted octanol–water partition coefficient (Wildman–Crippen LogP) is 1.37. The van der Waals surface area contributed by atoms with Gasteiger partial charge in [0.2, 0.25) is 5.95 Å². The second-order valence-corrected chi connectivity index (χ2v) is 4.86. The molecular formula is C13H13F3N6O. The van der Waals surface area contributed by atoms with Crippen LogP contribution >= 0.6 is 0 Å². The van der Waals surface area contributed by atoms with Gasteiger partial charge in [0.05, 0.1) is 24.3 Å². The number of rotatable bonds is 2. The first kappa shape index (κ1) is 15.4. The quantitative estimate of drug-likeness (QED) is 0.891. The molecule has 0 saturated carbocycles. The lowest BCUT2D eigenvalue weighted by atomic mass is 10.1. The lowest BCUT2D eigenvalue weighted by molar-refractivity contribution is -0.137. The Morgan fingerprint density at radius 3 is 2.57 bits per heavy atom. The van der Waals surface area contributed by atoms with Crippen LogP contribution < -0.4 is 10.6 Å². The smallest absolute Gasteiger partial charge is 0.384 e. The Labute approximate surface area is 129 Å². The van der Waals surface area contributed by atoms with Crippen molar-refractivity contribution in [1.82, 2.24) is 19.9 Å². The number of aromatic nitrogens is 4. The minimum atomic E-state index is -4.59. The molecule has 10 heteroatoms. The standard InChI is InChI=1S/C13H13F3N6O/c14-13(15,16)9-5-10(17)18-6-8(9)11-19-7-20-12(21-11)22-1-3-23-4-2-22/h5-7H,1-4H2,(H2,17,18). The largest absolute Gasteiger partial charge is 0.417 e. The van der Waals surface area contributed by atoms with Gasteiger partial charge in [0.1, 0.15) is 12.1 Å². The van der Waals surface area contributed by atoms with E-state index < -0.39 is 11.7 Å². The van der Waals surface area contributed by atoms with Gasteiger partial charge in [-0.15, -0.1) is 0 Å². The van der Waals surface area contributed by atoms with Crippen LogP contribution in [0.15, 0.2) is 18.6 Å². The molecule has 23 heavy (non-hydrogen) atoms. The van der Waals surface area contributed by atoms with E-state index in [1.54, 1.807) is 0 Å². The Kier molecular flexibility index (Phi) is 3.99. The van der Waals surface area contributed by atoms with Crippen molar-refractivity contribution < 1.29 is 17.9 Å². The summed E-state index contributed by atoms with van der Waals surface area (Å²) in [6, 6.07) is 0.771. The third-order valence-corrected chi connectivity index (χ3v) is 3.32. The summed E-state index contributed by atoms with van der Waals surface area (Å²) in [5.74, 6) is -0.00639. The predicted molar refractivity (Wildman–Crippen MR) is 75.5 cm³/mol. The maximum atomic E-state index is 13.2. The Bertz CT molecular complexity index is 702.